The maximum atomic E-state index is 12.4. The van der Waals surface area contributed by atoms with Crippen LogP contribution in [0.3, 0.4) is 0 Å². The van der Waals surface area contributed by atoms with Crippen LogP contribution < -0.4 is 15.0 Å². The Morgan fingerprint density at radius 3 is 2.60 bits per heavy atom. The number of amides is 3. The van der Waals surface area contributed by atoms with Gasteiger partial charge in [-0.15, -0.1) is 11.3 Å². The number of carbonyl (C=O) groups is 3. The van der Waals surface area contributed by atoms with Crippen molar-refractivity contribution in [2.24, 2.45) is 0 Å². The Balaban J connectivity index is 1.46. The van der Waals surface area contributed by atoms with Crippen molar-refractivity contribution in [1.29, 1.82) is 0 Å². The summed E-state index contributed by atoms with van der Waals surface area (Å²) in [7, 11) is 1.67. The van der Waals surface area contributed by atoms with Crippen LogP contribution in [0.15, 0.2) is 35.7 Å². The molecule has 3 rings (SSSR count). The Morgan fingerprint density at radius 1 is 1.17 bits per heavy atom. The van der Waals surface area contributed by atoms with E-state index in [1.807, 2.05) is 13.8 Å². The molecule has 2 aromatic rings. The van der Waals surface area contributed by atoms with E-state index in [-0.39, 0.29) is 30.8 Å². The molecule has 7 nitrogen and oxygen atoms in total. The molecule has 0 saturated carbocycles. The Hall–Kier alpha value is -2.87. The minimum atomic E-state index is -0.449. The molecule has 1 aromatic heterocycles. The molecular formula is C22H27N3O4S. The number of fused-ring (bicyclic) bond motifs is 1. The van der Waals surface area contributed by atoms with E-state index in [9.17, 15) is 14.4 Å². The summed E-state index contributed by atoms with van der Waals surface area (Å²) in [6, 6.07) is 8.58. The molecule has 1 N–H and O–H groups in total. The molecule has 3 amide bonds. The number of hydrogen-bond donors (Lipinski definition) is 1. The highest BCUT2D eigenvalue weighted by atomic mass is 32.1. The molecule has 0 atom stereocenters. The monoisotopic (exact) mass is 429 g/mol. The fraction of sp³-hybridized carbons (Fsp3) is 0.409. The second-order valence-corrected chi connectivity index (χ2v) is 8.57. The molecule has 0 aliphatic carbocycles. The summed E-state index contributed by atoms with van der Waals surface area (Å²) in [5, 5.41) is 4.86. The summed E-state index contributed by atoms with van der Waals surface area (Å²) in [4.78, 5) is 41.2. The van der Waals surface area contributed by atoms with Crippen LogP contribution in [0.2, 0.25) is 0 Å². The van der Waals surface area contributed by atoms with Gasteiger partial charge in [-0.3, -0.25) is 14.5 Å². The molecule has 0 unspecified atom stereocenters. The third-order valence-corrected chi connectivity index (χ3v) is 5.90. The lowest BCUT2D eigenvalue weighted by Gasteiger charge is -2.27. The van der Waals surface area contributed by atoms with Gasteiger partial charge in [-0.25, -0.2) is 4.79 Å². The number of thiophene rings is 1. The lowest BCUT2D eigenvalue weighted by molar-refractivity contribution is -0.139. The lowest BCUT2D eigenvalue weighted by Crippen LogP contribution is -2.40. The zero-order valence-corrected chi connectivity index (χ0v) is 18.3. The number of nitrogens with one attached hydrogen (secondary N) is 1. The molecule has 2 heterocycles. The number of benzene rings is 1. The van der Waals surface area contributed by atoms with Crippen molar-refractivity contribution in [3.63, 3.8) is 0 Å². The third-order valence-electron chi connectivity index (χ3n) is 4.88. The first-order chi connectivity index (χ1) is 14.3. The second kappa shape index (κ2) is 9.75. The fourth-order valence-electron chi connectivity index (χ4n) is 3.21. The minimum absolute atomic E-state index is 0.0306. The number of carbonyl (C=O) groups excluding carboxylic acids is 3. The van der Waals surface area contributed by atoms with Crippen LogP contribution in [0.5, 0.6) is 5.75 Å². The van der Waals surface area contributed by atoms with Crippen molar-refractivity contribution >= 4 is 34.9 Å². The van der Waals surface area contributed by atoms with Gasteiger partial charge < -0.3 is 15.0 Å². The van der Waals surface area contributed by atoms with Crippen molar-refractivity contribution in [3.8, 4) is 5.75 Å². The summed E-state index contributed by atoms with van der Waals surface area (Å²) in [5.41, 5.74) is 1.88. The summed E-state index contributed by atoms with van der Waals surface area (Å²) in [6.45, 7) is 5.10. The van der Waals surface area contributed by atoms with Crippen LogP contribution in [0.4, 0.5) is 10.5 Å². The van der Waals surface area contributed by atoms with E-state index in [0.29, 0.717) is 24.5 Å². The molecule has 0 radical (unpaired) electrons. The number of hydrogen-bond acceptors (Lipinski definition) is 5. The first kappa shape index (κ1) is 21.8. The van der Waals surface area contributed by atoms with Gasteiger partial charge in [-0.1, -0.05) is 0 Å². The largest absolute Gasteiger partial charge is 0.427 e. The zero-order valence-electron chi connectivity index (χ0n) is 17.5. The normalized spacial score (nSPS) is 13.0. The van der Waals surface area contributed by atoms with Crippen LogP contribution in [0.25, 0.3) is 0 Å². The SMILES string of the molecule is CC(C)NC(=O)N(C)c1ccc(OC(=O)CCC(=O)N2CCc3sccc3C2)cc1. The maximum Gasteiger partial charge on any atom is 0.321 e. The average molecular weight is 430 g/mol. The van der Waals surface area contributed by atoms with Gasteiger partial charge in [-0.2, -0.15) is 0 Å². The molecule has 8 heteroatoms. The summed E-state index contributed by atoms with van der Waals surface area (Å²) < 4.78 is 5.33. The summed E-state index contributed by atoms with van der Waals surface area (Å²) in [6.07, 6.45) is 1.04. The number of rotatable bonds is 6. The lowest BCUT2D eigenvalue weighted by atomic mass is 10.1. The number of urea groups is 1. The average Bonchev–Trinajstić information content (AvgIpc) is 3.19. The molecule has 30 heavy (non-hydrogen) atoms. The van der Waals surface area contributed by atoms with Crippen LogP contribution in [0, 0.1) is 0 Å². The quantitative estimate of drug-likeness (QED) is 0.562. The second-order valence-electron chi connectivity index (χ2n) is 7.57. The molecule has 0 spiro atoms. The van der Waals surface area contributed by atoms with Gasteiger partial charge in [0.05, 0.1) is 6.42 Å². The Bertz CT molecular complexity index is 907. The van der Waals surface area contributed by atoms with Gasteiger partial charge in [-0.05, 0) is 61.5 Å². The van der Waals surface area contributed by atoms with Crippen LogP contribution >= 0.6 is 11.3 Å². The third kappa shape index (κ3) is 5.60. The van der Waals surface area contributed by atoms with E-state index < -0.39 is 5.97 Å². The fourth-order valence-corrected chi connectivity index (χ4v) is 4.10. The molecule has 160 valence electrons. The van der Waals surface area contributed by atoms with E-state index in [2.05, 4.69) is 16.8 Å². The van der Waals surface area contributed by atoms with Gasteiger partial charge >= 0.3 is 12.0 Å². The standard InChI is InChI=1S/C22H27N3O4S/c1-15(2)23-22(28)24(3)17-4-6-18(7-5-17)29-21(27)9-8-20(26)25-12-10-19-16(14-25)11-13-30-19/h4-7,11,13,15H,8-10,12,14H2,1-3H3,(H,23,28). The van der Waals surface area contributed by atoms with Crippen molar-refractivity contribution in [3.05, 3.63) is 46.2 Å². The van der Waals surface area contributed by atoms with Gasteiger partial charge in [0, 0.05) is 43.2 Å². The van der Waals surface area contributed by atoms with Crippen molar-refractivity contribution in [2.45, 2.75) is 45.7 Å². The van der Waals surface area contributed by atoms with E-state index in [1.165, 1.54) is 15.3 Å². The first-order valence-electron chi connectivity index (χ1n) is 10.0. The minimum Gasteiger partial charge on any atom is -0.427 e. The number of ether oxygens (including phenoxy) is 1. The van der Waals surface area contributed by atoms with Gasteiger partial charge in [0.15, 0.2) is 0 Å². The highest BCUT2D eigenvalue weighted by molar-refractivity contribution is 7.10. The van der Waals surface area contributed by atoms with Crippen LogP contribution in [0.1, 0.15) is 37.1 Å². The van der Waals surface area contributed by atoms with E-state index in [0.717, 1.165) is 6.42 Å². The summed E-state index contributed by atoms with van der Waals surface area (Å²) in [5.74, 6) is -0.0954. The highest BCUT2D eigenvalue weighted by Gasteiger charge is 2.22. The molecular weight excluding hydrogens is 402 g/mol. The maximum absolute atomic E-state index is 12.4. The topological polar surface area (TPSA) is 79.0 Å². The number of nitrogens with zero attached hydrogens (tertiary/aromatic N) is 2. The molecule has 0 bridgehead atoms. The predicted molar refractivity (Wildman–Crippen MR) is 117 cm³/mol. The van der Waals surface area contributed by atoms with Crippen LogP contribution in [-0.4, -0.2) is 42.4 Å². The number of esters is 1. The highest BCUT2D eigenvalue weighted by Crippen LogP contribution is 2.24. The Labute approximate surface area is 180 Å². The van der Waals surface area contributed by atoms with Crippen LogP contribution in [-0.2, 0) is 22.6 Å². The van der Waals surface area contributed by atoms with E-state index in [4.69, 9.17) is 4.74 Å². The zero-order chi connectivity index (χ0) is 21.7. The smallest absolute Gasteiger partial charge is 0.321 e. The predicted octanol–water partition coefficient (Wildman–Crippen LogP) is 3.57. The van der Waals surface area contributed by atoms with E-state index in [1.54, 1.807) is 47.5 Å². The van der Waals surface area contributed by atoms with Crippen molar-refractivity contribution in [1.82, 2.24) is 10.2 Å². The molecule has 1 aromatic carbocycles. The Morgan fingerprint density at radius 2 is 1.90 bits per heavy atom. The molecule has 0 saturated heterocycles. The summed E-state index contributed by atoms with van der Waals surface area (Å²) >= 11 is 1.73. The van der Waals surface area contributed by atoms with Crippen molar-refractivity contribution in [2.75, 3.05) is 18.5 Å². The van der Waals surface area contributed by atoms with Crippen molar-refractivity contribution < 1.29 is 19.1 Å². The number of anilines is 1. The molecule has 1 aliphatic heterocycles. The van der Waals surface area contributed by atoms with Gasteiger partial charge in [0.1, 0.15) is 5.75 Å². The molecule has 0 fully saturated rings. The Kier molecular flexibility index (Phi) is 7.10. The molecule has 1 aliphatic rings. The van der Waals surface area contributed by atoms with Gasteiger partial charge in [0.2, 0.25) is 5.91 Å². The van der Waals surface area contributed by atoms with Gasteiger partial charge in [0.25, 0.3) is 0 Å². The van der Waals surface area contributed by atoms with E-state index >= 15 is 0 Å². The first-order valence-corrected chi connectivity index (χ1v) is 10.9.